The van der Waals surface area contributed by atoms with Crippen LogP contribution in [0.15, 0.2) is 24.4 Å². The van der Waals surface area contributed by atoms with Gasteiger partial charge in [-0.2, -0.15) is 5.10 Å². The van der Waals surface area contributed by atoms with Crippen molar-refractivity contribution >= 4 is 16.8 Å². The quantitative estimate of drug-likeness (QED) is 0.893. The Morgan fingerprint density at radius 3 is 3.00 bits per heavy atom. The zero-order valence-electron chi connectivity index (χ0n) is 12.0. The Labute approximate surface area is 123 Å². The van der Waals surface area contributed by atoms with E-state index in [1.165, 1.54) is 25.9 Å². The van der Waals surface area contributed by atoms with E-state index in [-0.39, 0.29) is 5.91 Å². The summed E-state index contributed by atoms with van der Waals surface area (Å²) in [4.78, 5) is 14.7. The Morgan fingerprint density at radius 1 is 1.38 bits per heavy atom. The van der Waals surface area contributed by atoms with E-state index < -0.39 is 0 Å². The molecule has 1 aromatic heterocycles. The third kappa shape index (κ3) is 2.53. The first-order valence-electron chi connectivity index (χ1n) is 7.72. The number of hydrogen-bond donors (Lipinski definition) is 2. The molecule has 0 spiro atoms. The first kappa shape index (κ1) is 12.8. The molecule has 110 valence electrons. The van der Waals surface area contributed by atoms with Crippen molar-refractivity contribution in [3.8, 4) is 0 Å². The minimum Gasteiger partial charge on any atom is -0.352 e. The van der Waals surface area contributed by atoms with Gasteiger partial charge >= 0.3 is 0 Å². The molecule has 2 aromatic rings. The molecule has 5 heteroatoms. The van der Waals surface area contributed by atoms with Crippen molar-refractivity contribution < 1.29 is 4.79 Å². The molecular formula is C16H20N4O. The van der Waals surface area contributed by atoms with Crippen LogP contribution >= 0.6 is 0 Å². The van der Waals surface area contributed by atoms with Crippen LogP contribution in [0.3, 0.4) is 0 Å². The zero-order chi connectivity index (χ0) is 14.2. The van der Waals surface area contributed by atoms with Crippen molar-refractivity contribution in [3.05, 3.63) is 30.0 Å². The molecule has 0 unspecified atom stereocenters. The number of piperidine rings is 3. The van der Waals surface area contributed by atoms with Gasteiger partial charge in [-0.3, -0.25) is 9.89 Å². The Bertz CT molecular complexity index is 657. The van der Waals surface area contributed by atoms with Crippen molar-refractivity contribution in [3.63, 3.8) is 0 Å². The summed E-state index contributed by atoms with van der Waals surface area (Å²) in [5.74, 6) is 0.812. The van der Waals surface area contributed by atoms with E-state index in [4.69, 9.17) is 0 Å². The summed E-state index contributed by atoms with van der Waals surface area (Å²) in [7, 11) is 0. The van der Waals surface area contributed by atoms with Crippen molar-refractivity contribution in [2.45, 2.75) is 25.3 Å². The Balaban J connectivity index is 1.41. The maximum atomic E-state index is 12.3. The molecule has 0 radical (unpaired) electrons. The highest BCUT2D eigenvalue weighted by atomic mass is 16.1. The molecule has 0 saturated carbocycles. The predicted molar refractivity (Wildman–Crippen MR) is 80.9 cm³/mol. The van der Waals surface area contributed by atoms with Gasteiger partial charge in [-0.05, 0) is 49.5 Å². The van der Waals surface area contributed by atoms with E-state index >= 15 is 0 Å². The largest absolute Gasteiger partial charge is 0.352 e. The van der Waals surface area contributed by atoms with Crippen LogP contribution in [0.4, 0.5) is 0 Å². The average Bonchev–Trinajstić information content (AvgIpc) is 2.96. The van der Waals surface area contributed by atoms with Gasteiger partial charge in [-0.15, -0.1) is 0 Å². The normalized spacial score (nSPS) is 27.9. The van der Waals surface area contributed by atoms with Crippen molar-refractivity contribution in [1.82, 2.24) is 20.4 Å². The van der Waals surface area contributed by atoms with Crippen LogP contribution in [-0.2, 0) is 11.2 Å². The predicted octanol–water partition coefficient (Wildman–Crippen LogP) is 1.32. The molecule has 21 heavy (non-hydrogen) atoms. The highest BCUT2D eigenvalue weighted by Crippen LogP contribution is 2.27. The van der Waals surface area contributed by atoms with Gasteiger partial charge in [0.2, 0.25) is 5.91 Å². The van der Waals surface area contributed by atoms with Crippen molar-refractivity contribution in [1.29, 1.82) is 0 Å². The standard InChI is InChI=1S/C16H20N4O/c21-16(18-15-10-20-5-3-12(15)4-6-20)8-11-1-2-14-13(7-11)9-17-19-14/h1-2,7,9,12,15H,3-6,8,10H2,(H,17,19)(H,18,21)/t15-/m1/s1. The number of carbonyl (C=O) groups is 1. The maximum Gasteiger partial charge on any atom is 0.224 e. The smallest absolute Gasteiger partial charge is 0.224 e. The minimum atomic E-state index is 0.136. The summed E-state index contributed by atoms with van der Waals surface area (Å²) < 4.78 is 0. The van der Waals surface area contributed by atoms with Crippen LogP contribution < -0.4 is 5.32 Å². The van der Waals surface area contributed by atoms with Gasteiger partial charge in [0.25, 0.3) is 0 Å². The average molecular weight is 284 g/mol. The van der Waals surface area contributed by atoms with Gasteiger partial charge in [0.05, 0.1) is 18.1 Å². The van der Waals surface area contributed by atoms with Gasteiger partial charge in [0, 0.05) is 18.0 Å². The molecule has 1 amide bonds. The third-order valence-electron chi connectivity index (χ3n) is 4.87. The SMILES string of the molecule is O=C(Cc1ccc2[nH]ncc2c1)N[C@@H]1CN2CCC1CC2. The summed E-state index contributed by atoms with van der Waals surface area (Å²) in [5, 5.41) is 11.2. The molecule has 5 nitrogen and oxygen atoms in total. The number of fused-ring (bicyclic) bond motifs is 4. The number of carbonyl (C=O) groups excluding carboxylic acids is 1. The number of aromatic amines is 1. The van der Waals surface area contributed by atoms with Crippen LogP contribution in [0.1, 0.15) is 18.4 Å². The zero-order valence-corrected chi connectivity index (χ0v) is 12.0. The second kappa shape index (κ2) is 5.15. The lowest BCUT2D eigenvalue weighted by Gasteiger charge is -2.44. The molecule has 0 aliphatic carbocycles. The summed E-state index contributed by atoms with van der Waals surface area (Å²) in [6, 6.07) is 6.36. The van der Waals surface area contributed by atoms with Gasteiger partial charge in [0.1, 0.15) is 0 Å². The molecule has 3 fully saturated rings. The molecule has 2 N–H and O–H groups in total. The fraction of sp³-hybridized carbons (Fsp3) is 0.500. The monoisotopic (exact) mass is 284 g/mol. The fourth-order valence-corrected chi connectivity index (χ4v) is 3.67. The van der Waals surface area contributed by atoms with E-state index in [0.717, 1.165) is 23.0 Å². The Hall–Kier alpha value is -1.88. The fourth-order valence-electron chi connectivity index (χ4n) is 3.67. The van der Waals surface area contributed by atoms with E-state index in [1.54, 1.807) is 6.20 Å². The van der Waals surface area contributed by atoms with Gasteiger partial charge in [-0.25, -0.2) is 0 Å². The maximum absolute atomic E-state index is 12.3. The topological polar surface area (TPSA) is 61.0 Å². The number of nitrogens with zero attached hydrogens (tertiary/aromatic N) is 2. The Kier molecular flexibility index (Phi) is 3.15. The second-order valence-corrected chi connectivity index (χ2v) is 6.28. The molecule has 1 aromatic carbocycles. The van der Waals surface area contributed by atoms with Gasteiger partial charge in [0.15, 0.2) is 0 Å². The summed E-state index contributed by atoms with van der Waals surface area (Å²) >= 11 is 0. The number of H-pyrrole nitrogens is 1. The van der Waals surface area contributed by atoms with Crippen LogP contribution in [-0.4, -0.2) is 46.7 Å². The first-order valence-corrected chi connectivity index (χ1v) is 7.72. The van der Waals surface area contributed by atoms with Crippen LogP contribution in [0, 0.1) is 5.92 Å². The molecule has 3 aliphatic heterocycles. The number of aromatic nitrogens is 2. The third-order valence-corrected chi connectivity index (χ3v) is 4.87. The number of amides is 1. The number of nitrogens with one attached hydrogen (secondary N) is 2. The second-order valence-electron chi connectivity index (χ2n) is 6.28. The molecule has 3 aliphatic rings. The van der Waals surface area contributed by atoms with E-state index in [9.17, 15) is 4.79 Å². The number of benzene rings is 1. The lowest BCUT2D eigenvalue weighted by Crippen LogP contribution is -2.57. The lowest BCUT2D eigenvalue weighted by atomic mass is 9.84. The highest BCUT2D eigenvalue weighted by molar-refractivity contribution is 5.83. The molecular weight excluding hydrogens is 264 g/mol. The molecule has 2 bridgehead atoms. The van der Waals surface area contributed by atoms with Crippen molar-refractivity contribution in [2.24, 2.45) is 5.92 Å². The van der Waals surface area contributed by atoms with Gasteiger partial charge < -0.3 is 10.2 Å². The number of rotatable bonds is 3. The van der Waals surface area contributed by atoms with E-state index in [2.05, 4.69) is 20.4 Å². The Morgan fingerprint density at radius 2 is 2.24 bits per heavy atom. The summed E-state index contributed by atoms with van der Waals surface area (Å²) in [6.45, 7) is 3.43. The minimum absolute atomic E-state index is 0.136. The first-order chi connectivity index (χ1) is 10.3. The summed E-state index contributed by atoms with van der Waals surface area (Å²) in [6.07, 6.45) is 4.70. The molecule has 3 saturated heterocycles. The summed E-state index contributed by atoms with van der Waals surface area (Å²) in [5.41, 5.74) is 2.05. The van der Waals surface area contributed by atoms with Gasteiger partial charge in [-0.1, -0.05) is 6.07 Å². The van der Waals surface area contributed by atoms with Crippen LogP contribution in [0.25, 0.3) is 10.9 Å². The van der Waals surface area contributed by atoms with Crippen LogP contribution in [0.2, 0.25) is 0 Å². The van der Waals surface area contributed by atoms with E-state index in [0.29, 0.717) is 18.4 Å². The van der Waals surface area contributed by atoms with E-state index in [1.807, 2.05) is 18.2 Å². The molecule has 4 heterocycles. The lowest BCUT2D eigenvalue weighted by molar-refractivity contribution is -0.122. The molecule has 1 atom stereocenters. The van der Waals surface area contributed by atoms with Crippen LogP contribution in [0.5, 0.6) is 0 Å². The number of hydrogen-bond acceptors (Lipinski definition) is 3. The highest BCUT2D eigenvalue weighted by Gasteiger charge is 2.34. The molecule has 5 rings (SSSR count). The van der Waals surface area contributed by atoms with Crippen molar-refractivity contribution in [2.75, 3.05) is 19.6 Å².